The Bertz CT molecular complexity index is 370. The van der Waals surface area contributed by atoms with Gasteiger partial charge in [-0.25, -0.2) is 9.78 Å². The molecule has 0 fully saturated rings. The summed E-state index contributed by atoms with van der Waals surface area (Å²) in [7, 11) is 0. The van der Waals surface area contributed by atoms with Gasteiger partial charge in [0.2, 0.25) is 5.95 Å². The van der Waals surface area contributed by atoms with E-state index in [1.54, 1.807) is 6.07 Å². The molecule has 1 aromatic rings. The number of hydrogen-bond acceptors (Lipinski definition) is 3. The summed E-state index contributed by atoms with van der Waals surface area (Å²) >= 11 is 0. The van der Waals surface area contributed by atoms with E-state index in [4.69, 9.17) is 10.4 Å². The molecule has 1 heterocycles. The first-order valence-electron chi connectivity index (χ1n) is 2.95. The van der Waals surface area contributed by atoms with Crippen LogP contribution in [0.4, 0.5) is 4.39 Å². The van der Waals surface area contributed by atoms with Crippen molar-refractivity contribution in [1.82, 2.24) is 4.98 Å². The zero-order chi connectivity index (χ0) is 9.14. The van der Waals surface area contributed by atoms with Crippen LogP contribution in [0.5, 0.6) is 0 Å². The Morgan fingerprint density at radius 1 is 1.67 bits per heavy atom. The molecule has 0 aliphatic heterocycles. The Balaban J connectivity index is 3.23. The lowest BCUT2D eigenvalue weighted by Crippen LogP contribution is -2.03. The van der Waals surface area contributed by atoms with Crippen molar-refractivity contribution in [2.45, 2.75) is 0 Å². The number of nitrogens with zero attached hydrogens (tertiary/aromatic N) is 2. The molecule has 0 amide bonds. The monoisotopic (exact) mass is 166 g/mol. The molecule has 1 aromatic heterocycles. The van der Waals surface area contributed by atoms with Crippen molar-refractivity contribution in [3.8, 4) is 6.07 Å². The average molecular weight is 166 g/mol. The summed E-state index contributed by atoms with van der Waals surface area (Å²) in [6.45, 7) is 0. The van der Waals surface area contributed by atoms with Crippen molar-refractivity contribution in [3.05, 3.63) is 29.3 Å². The maximum atomic E-state index is 12.6. The molecule has 0 saturated heterocycles. The van der Waals surface area contributed by atoms with Crippen molar-refractivity contribution in [1.29, 1.82) is 5.26 Å². The van der Waals surface area contributed by atoms with Gasteiger partial charge >= 0.3 is 5.97 Å². The standard InChI is InChI=1S/C7H3FN2O2/c8-6-5(7(11)12)2-1-4(3-9)10-6/h1-2H,(H,11,12). The Hall–Kier alpha value is -1.96. The van der Waals surface area contributed by atoms with Gasteiger partial charge in [0, 0.05) is 0 Å². The zero-order valence-electron chi connectivity index (χ0n) is 5.78. The van der Waals surface area contributed by atoms with E-state index < -0.39 is 17.5 Å². The number of nitriles is 1. The summed E-state index contributed by atoms with van der Waals surface area (Å²) in [4.78, 5) is 13.4. The maximum Gasteiger partial charge on any atom is 0.340 e. The number of carboxylic acids is 1. The molecule has 0 radical (unpaired) electrons. The number of aromatic nitrogens is 1. The SMILES string of the molecule is N#Cc1ccc(C(=O)O)c(F)n1. The number of pyridine rings is 1. The molecule has 0 aliphatic carbocycles. The van der Waals surface area contributed by atoms with Crippen LogP contribution in [0.2, 0.25) is 0 Å². The third-order valence-corrected chi connectivity index (χ3v) is 1.19. The van der Waals surface area contributed by atoms with E-state index in [0.29, 0.717) is 0 Å². The van der Waals surface area contributed by atoms with Gasteiger partial charge < -0.3 is 5.11 Å². The van der Waals surface area contributed by atoms with E-state index in [2.05, 4.69) is 4.98 Å². The first kappa shape index (κ1) is 8.14. The van der Waals surface area contributed by atoms with Crippen LogP contribution in [0.15, 0.2) is 12.1 Å². The van der Waals surface area contributed by atoms with E-state index >= 15 is 0 Å². The smallest absolute Gasteiger partial charge is 0.340 e. The van der Waals surface area contributed by atoms with Gasteiger partial charge in [-0.2, -0.15) is 9.65 Å². The van der Waals surface area contributed by atoms with Gasteiger partial charge in [0.25, 0.3) is 0 Å². The molecule has 0 spiro atoms. The predicted octanol–water partition coefficient (Wildman–Crippen LogP) is 0.791. The van der Waals surface area contributed by atoms with E-state index in [-0.39, 0.29) is 5.69 Å². The van der Waals surface area contributed by atoms with Crippen molar-refractivity contribution >= 4 is 5.97 Å². The van der Waals surface area contributed by atoms with Crippen LogP contribution < -0.4 is 0 Å². The van der Waals surface area contributed by atoms with Gasteiger partial charge in [-0.3, -0.25) is 0 Å². The van der Waals surface area contributed by atoms with Crippen molar-refractivity contribution in [2.75, 3.05) is 0 Å². The number of aromatic carboxylic acids is 1. The van der Waals surface area contributed by atoms with E-state index in [0.717, 1.165) is 12.1 Å². The molecule has 12 heavy (non-hydrogen) atoms. The van der Waals surface area contributed by atoms with Crippen LogP contribution >= 0.6 is 0 Å². The van der Waals surface area contributed by atoms with E-state index in [1.807, 2.05) is 0 Å². The molecule has 5 heteroatoms. The fourth-order valence-corrected chi connectivity index (χ4v) is 0.656. The van der Waals surface area contributed by atoms with Gasteiger partial charge in [0.05, 0.1) is 0 Å². The van der Waals surface area contributed by atoms with Crippen molar-refractivity contribution < 1.29 is 14.3 Å². The number of halogens is 1. The van der Waals surface area contributed by atoms with Gasteiger partial charge in [-0.1, -0.05) is 0 Å². The molecule has 0 atom stereocenters. The quantitative estimate of drug-likeness (QED) is 0.626. The Labute approximate surface area is 66.9 Å². The van der Waals surface area contributed by atoms with Crippen molar-refractivity contribution in [2.24, 2.45) is 0 Å². The van der Waals surface area contributed by atoms with Gasteiger partial charge in [-0.15, -0.1) is 0 Å². The van der Waals surface area contributed by atoms with Crippen LogP contribution in [-0.2, 0) is 0 Å². The summed E-state index contributed by atoms with van der Waals surface area (Å²) in [6.07, 6.45) is 0. The summed E-state index contributed by atoms with van der Waals surface area (Å²) in [5.41, 5.74) is -0.675. The second-order valence-corrected chi connectivity index (χ2v) is 1.95. The molecule has 0 bridgehead atoms. The second-order valence-electron chi connectivity index (χ2n) is 1.95. The molecule has 0 aromatic carbocycles. The molecule has 0 unspecified atom stereocenters. The molecule has 0 saturated carbocycles. The predicted molar refractivity (Wildman–Crippen MR) is 35.9 cm³/mol. The van der Waals surface area contributed by atoms with Crippen LogP contribution in [-0.4, -0.2) is 16.1 Å². The third-order valence-electron chi connectivity index (χ3n) is 1.19. The van der Waals surface area contributed by atoms with Gasteiger partial charge in [0.15, 0.2) is 0 Å². The average Bonchev–Trinajstić information content (AvgIpc) is 2.03. The van der Waals surface area contributed by atoms with Crippen LogP contribution in [0.1, 0.15) is 16.1 Å². The summed E-state index contributed by atoms with van der Waals surface area (Å²) in [5, 5.41) is 16.6. The molecule has 1 N–H and O–H groups in total. The van der Waals surface area contributed by atoms with Gasteiger partial charge in [-0.05, 0) is 12.1 Å². The fraction of sp³-hybridized carbons (Fsp3) is 0. The largest absolute Gasteiger partial charge is 0.478 e. The molecule has 60 valence electrons. The number of hydrogen-bond donors (Lipinski definition) is 1. The molecular formula is C7H3FN2O2. The molecular weight excluding hydrogens is 163 g/mol. The summed E-state index contributed by atoms with van der Waals surface area (Å²) < 4.78 is 12.6. The number of carbonyl (C=O) groups is 1. The highest BCUT2D eigenvalue weighted by molar-refractivity contribution is 5.87. The fourth-order valence-electron chi connectivity index (χ4n) is 0.656. The lowest BCUT2D eigenvalue weighted by molar-refractivity contribution is 0.0691. The lowest BCUT2D eigenvalue weighted by atomic mass is 10.2. The molecule has 0 aliphatic rings. The molecule has 4 nitrogen and oxygen atoms in total. The minimum Gasteiger partial charge on any atom is -0.478 e. The highest BCUT2D eigenvalue weighted by atomic mass is 19.1. The number of carboxylic acid groups (broad SMARTS) is 1. The van der Waals surface area contributed by atoms with Crippen molar-refractivity contribution in [3.63, 3.8) is 0 Å². The van der Waals surface area contributed by atoms with Crippen LogP contribution in [0, 0.1) is 17.3 Å². The summed E-state index contributed by atoms with van der Waals surface area (Å²) in [5.74, 6) is -2.54. The zero-order valence-corrected chi connectivity index (χ0v) is 5.78. The first-order valence-corrected chi connectivity index (χ1v) is 2.95. The van der Waals surface area contributed by atoms with Crippen LogP contribution in [0.3, 0.4) is 0 Å². The summed E-state index contributed by atoms with van der Waals surface area (Å²) in [6, 6.07) is 3.74. The first-order chi connectivity index (χ1) is 5.65. The van der Waals surface area contributed by atoms with Crippen LogP contribution in [0.25, 0.3) is 0 Å². The Morgan fingerprint density at radius 2 is 2.33 bits per heavy atom. The minimum atomic E-state index is -1.40. The van der Waals surface area contributed by atoms with Gasteiger partial charge in [0.1, 0.15) is 17.3 Å². The Morgan fingerprint density at radius 3 is 2.75 bits per heavy atom. The molecule has 1 rings (SSSR count). The Kier molecular flexibility index (Phi) is 2.01. The minimum absolute atomic E-state index is 0.141. The normalized spacial score (nSPS) is 9.00. The highest BCUT2D eigenvalue weighted by Crippen LogP contribution is 2.05. The topological polar surface area (TPSA) is 74.0 Å². The second kappa shape index (κ2) is 2.96. The third kappa shape index (κ3) is 1.37. The van der Waals surface area contributed by atoms with E-state index in [1.165, 1.54) is 0 Å². The number of rotatable bonds is 1. The lowest BCUT2D eigenvalue weighted by Gasteiger charge is -1.94. The highest BCUT2D eigenvalue weighted by Gasteiger charge is 2.11. The van der Waals surface area contributed by atoms with E-state index in [9.17, 15) is 9.18 Å². The maximum absolute atomic E-state index is 12.6.